The lowest BCUT2D eigenvalue weighted by Crippen LogP contribution is -2.53. The van der Waals surface area contributed by atoms with Crippen molar-refractivity contribution in [3.05, 3.63) is 52.5 Å². The molecule has 7 heteroatoms. The highest BCUT2D eigenvalue weighted by molar-refractivity contribution is 7.12. The Morgan fingerprint density at radius 3 is 2.48 bits per heavy atom. The Balaban J connectivity index is 1.43. The molecule has 0 spiro atoms. The molecule has 1 fully saturated rings. The molecule has 1 saturated heterocycles. The molecule has 0 atom stereocenters. The first-order valence-corrected chi connectivity index (χ1v) is 9.26. The summed E-state index contributed by atoms with van der Waals surface area (Å²) < 4.78 is 14.0. The van der Waals surface area contributed by atoms with E-state index < -0.39 is 0 Å². The molecular weight excluding hydrogens is 339 g/mol. The molecule has 4 rings (SSSR count). The standard InChI is InChI=1S/C18H19FN4OS/c19-14-4-1-2-5-15(14)21-9-11-22(12-10-21)18-20-7-8-23(18)17(24)16-6-3-13-25-16/h1-6,13H,7-12H2. The number of thiophene rings is 1. The van der Waals surface area contributed by atoms with E-state index in [0.29, 0.717) is 31.9 Å². The maximum Gasteiger partial charge on any atom is 0.270 e. The van der Waals surface area contributed by atoms with E-state index in [9.17, 15) is 9.18 Å². The van der Waals surface area contributed by atoms with Crippen LogP contribution in [-0.2, 0) is 0 Å². The van der Waals surface area contributed by atoms with Crippen molar-refractivity contribution in [2.45, 2.75) is 0 Å². The van der Waals surface area contributed by atoms with Crippen molar-refractivity contribution in [2.24, 2.45) is 4.99 Å². The van der Waals surface area contributed by atoms with Crippen molar-refractivity contribution < 1.29 is 9.18 Å². The zero-order chi connectivity index (χ0) is 17.2. The van der Waals surface area contributed by atoms with Gasteiger partial charge in [0.2, 0.25) is 5.96 Å². The van der Waals surface area contributed by atoms with Gasteiger partial charge >= 0.3 is 0 Å². The van der Waals surface area contributed by atoms with Crippen LogP contribution in [0.2, 0.25) is 0 Å². The van der Waals surface area contributed by atoms with Crippen molar-refractivity contribution in [3.8, 4) is 0 Å². The van der Waals surface area contributed by atoms with Crippen LogP contribution in [0, 0.1) is 5.82 Å². The average molecular weight is 358 g/mol. The van der Waals surface area contributed by atoms with E-state index in [0.717, 1.165) is 23.9 Å². The fourth-order valence-corrected chi connectivity index (χ4v) is 3.96. The molecule has 25 heavy (non-hydrogen) atoms. The number of halogens is 1. The Morgan fingerprint density at radius 2 is 1.76 bits per heavy atom. The maximum atomic E-state index is 14.0. The second-order valence-electron chi connectivity index (χ2n) is 6.04. The monoisotopic (exact) mass is 358 g/mol. The largest absolute Gasteiger partial charge is 0.366 e. The number of carbonyl (C=O) groups excluding carboxylic acids is 1. The van der Waals surface area contributed by atoms with Crippen molar-refractivity contribution in [3.63, 3.8) is 0 Å². The lowest BCUT2D eigenvalue weighted by atomic mass is 10.2. The van der Waals surface area contributed by atoms with E-state index in [1.165, 1.54) is 17.4 Å². The summed E-state index contributed by atoms with van der Waals surface area (Å²) in [6.07, 6.45) is 0. The van der Waals surface area contributed by atoms with Gasteiger partial charge in [-0.3, -0.25) is 14.7 Å². The molecule has 2 aromatic rings. The van der Waals surface area contributed by atoms with E-state index in [2.05, 4.69) is 9.89 Å². The number of guanidine groups is 1. The summed E-state index contributed by atoms with van der Waals surface area (Å²) in [5.41, 5.74) is 0.641. The lowest BCUT2D eigenvalue weighted by Gasteiger charge is -2.38. The third-order valence-electron chi connectivity index (χ3n) is 4.55. The number of anilines is 1. The first-order chi connectivity index (χ1) is 12.2. The third-order valence-corrected chi connectivity index (χ3v) is 5.41. The quantitative estimate of drug-likeness (QED) is 0.828. The van der Waals surface area contributed by atoms with Gasteiger partial charge in [0.15, 0.2) is 0 Å². The number of hydrogen-bond acceptors (Lipinski definition) is 5. The number of para-hydroxylation sites is 1. The van der Waals surface area contributed by atoms with Gasteiger partial charge in [-0.1, -0.05) is 18.2 Å². The molecule has 130 valence electrons. The molecule has 0 unspecified atom stereocenters. The van der Waals surface area contributed by atoms with Crippen LogP contribution in [0.5, 0.6) is 0 Å². The van der Waals surface area contributed by atoms with Crippen molar-refractivity contribution in [1.82, 2.24) is 9.80 Å². The number of hydrogen-bond donors (Lipinski definition) is 0. The first kappa shape index (κ1) is 16.1. The van der Waals surface area contributed by atoms with E-state index in [1.807, 2.05) is 34.5 Å². The van der Waals surface area contributed by atoms with E-state index in [4.69, 9.17) is 0 Å². The molecule has 1 amide bonds. The predicted octanol–water partition coefficient (Wildman–Crippen LogP) is 2.52. The fourth-order valence-electron chi connectivity index (χ4n) is 3.29. The molecule has 3 heterocycles. The Bertz CT molecular complexity index is 784. The molecule has 2 aliphatic heterocycles. The molecule has 0 saturated carbocycles. The topological polar surface area (TPSA) is 39.2 Å². The lowest BCUT2D eigenvalue weighted by molar-refractivity contribution is 0.0847. The van der Waals surface area contributed by atoms with Gasteiger partial charge in [0, 0.05) is 32.7 Å². The summed E-state index contributed by atoms with van der Waals surface area (Å²) in [6, 6.07) is 10.6. The number of rotatable bonds is 2. The number of aliphatic imine (C=N–C) groups is 1. The summed E-state index contributed by atoms with van der Waals surface area (Å²) in [4.78, 5) is 23.9. The molecule has 0 aliphatic carbocycles. The van der Waals surface area contributed by atoms with E-state index >= 15 is 0 Å². The number of amides is 1. The highest BCUT2D eigenvalue weighted by atomic mass is 32.1. The molecule has 0 N–H and O–H groups in total. The summed E-state index contributed by atoms with van der Waals surface area (Å²) >= 11 is 1.45. The second kappa shape index (κ2) is 6.84. The summed E-state index contributed by atoms with van der Waals surface area (Å²) in [5.74, 6) is 0.582. The van der Waals surface area contributed by atoms with Gasteiger partial charge in [-0.2, -0.15) is 0 Å². The van der Waals surface area contributed by atoms with E-state index in [1.54, 1.807) is 11.0 Å². The Kier molecular flexibility index (Phi) is 4.40. The molecule has 1 aromatic heterocycles. The van der Waals surface area contributed by atoms with Gasteiger partial charge in [0.05, 0.1) is 17.1 Å². The third kappa shape index (κ3) is 3.11. The number of benzene rings is 1. The smallest absolute Gasteiger partial charge is 0.270 e. The zero-order valence-corrected chi connectivity index (χ0v) is 14.6. The summed E-state index contributed by atoms with van der Waals surface area (Å²) in [5, 5.41) is 1.91. The Labute approximate surface area is 150 Å². The second-order valence-corrected chi connectivity index (χ2v) is 6.99. The minimum atomic E-state index is -0.191. The molecule has 2 aliphatic rings. The van der Waals surface area contributed by atoms with Crippen LogP contribution in [0.25, 0.3) is 0 Å². The predicted molar refractivity (Wildman–Crippen MR) is 97.8 cm³/mol. The van der Waals surface area contributed by atoms with Crippen molar-refractivity contribution >= 4 is 28.9 Å². The zero-order valence-electron chi connectivity index (χ0n) is 13.8. The van der Waals surface area contributed by atoms with Crippen LogP contribution in [0.3, 0.4) is 0 Å². The van der Waals surface area contributed by atoms with Crippen LogP contribution in [0.15, 0.2) is 46.8 Å². The van der Waals surface area contributed by atoms with Crippen molar-refractivity contribution in [2.75, 3.05) is 44.2 Å². The minimum absolute atomic E-state index is 0.0165. The molecule has 5 nitrogen and oxygen atoms in total. The van der Waals surface area contributed by atoms with E-state index in [-0.39, 0.29) is 11.7 Å². The first-order valence-electron chi connectivity index (χ1n) is 8.38. The SMILES string of the molecule is O=C(c1cccs1)N1CCN=C1N1CCN(c2ccccc2F)CC1. The van der Waals surface area contributed by atoms with Crippen LogP contribution in [0.4, 0.5) is 10.1 Å². The fraction of sp³-hybridized carbons (Fsp3) is 0.333. The maximum absolute atomic E-state index is 14.0. The highest BCUT2D eigenvalue weighted by Gasteiger charge is 2.31. The molecular formula is C18H19FN4OS. The van der Waals surface area contributed by atoms with Crippen LogP contribution >= 0.6 is 11.3 Å². The molecule has 0 radical (unpaired) electrons. The average Bonchev–Trinajstić information content (AvgIpc) is 3.34. The van der Waals surface area contributed by atoms with Crippen LogP contribution in [-0.4, -0.2) is 60.9 Å². The molecule has 1 aromatic carbocycles. The van der Waals surface area contributed by atoms with Crippen LogP contribution in [0.1, 0.15) is 9.67 Å². The van der Waals surface area contributed by atoms with Gasteiger partial charge in [0.25, 0.3) is 5.91 Å². The number of nitrogens with zero attached hydrogens (tertiary/aromatic N) is 4. The number of carbonyl (C=O) groups is 1. The molecule has 0 bridgehead atoms. The Hall–Kier alpha value is -2.41. The van der Waals surface area contributed by atoms with Crippen LogP contribution < -0.4 is 4.90 Å². The van der Waals surface area contributed by atoms with Gasteiger partial charge in [0.1, 0.15) is 5.82 Å². The van der Waals surface area contributed by atoms with Gasteiger partial charge in [-0.15, -0.1) is 11.3 Å². The summed E-state index contributed by atoms with van der Waals surface area (Å²) in [6.45, 7) is 4.13. The highest BCUT2D eigenvalue weighted by Crippen LogP contribution is 2.22. The van der Waals surface area contributed by atoms with Gasteiger partial charge in [-0.25, -0.2) is 4.39 Å². The normalized spacial score (nSPS) is 17.8. The van der Waals surface area contributed by atoms with Gasteiger partial charge < -0.3 is 9.80 Å². The number of piperazine rings is 1. The van der Waals surface area contributed by atoms with Crippen molar-refractivity contribution in [1.29, 1.82) is 0 Å². The Morgan fingerprint density at radius 1 is 1.00 bits per heavy atom. The van der Waals surface area contributed by atoms with Gasteiger partial charge in [-0.05, 0) is 23.6 Å². The minimum Gasteiger partial charge on any atom is -0.366 e. The summed E-state index contributed by atoms with van der Waals surface area (Å²) in [7, 11) is 0.